The van der Waals surface area contributed by atoms with E-state index >= 15 is 0 Å². The highest BCUT2D eigenvalue weighted by Gasteiger charge is 2.13. The summed E-state index contributed by atoms with van der Waals surface area (Å²) in [6.07, 6.45) is 0. The fourth-order valence-corrected chi connectivity index (χ4v) is 3.82. The molecule has 0 amide bonds. The first-order chi connectivity index (χ1) is 15.8. The molecule has 1 nitrogen and oxygen atoms in total. The number of methoxy groups -OCH3 is 1. The molecule has 0 atom stereocenters. The lowest BCUT2D eigenvalue weighted by molar-refractivity contribution is 0.413. The summed E-state index contributed by atoms with van der Waals surface area (Å²) < 4.78 is 5.87. The molecule has 0 aliphatic heterocycles. The quantitative estimate of drug-likeness (QED) is 0.219. The lowest BCUT2D eigenvalue weighted by Crippen LogP contribution is -1.95. The van der Waals surface area contributed by atoms with Crippen molar-refractivity contribution in [2.75, 3.05) is 7.11 Å². The van der Waals surface area contributed by atoms with Crippen LogP contribution < -0.4 is 4.74 Å². The molecule has 0 heterocycles. The van der Waals surface area contributed by atoms with E-state index in [1.807, 2.05) is 60.7 Å². The highest BCUT2D eigenvalue weighted by atomic mass is 16.5. The Kier molecular flexibility index (Phi) is 5.32. The van der Waals surface area contributed by atoms with Crippen LogP contribution in [0, 0.1) is 23.7 Å². The Balaban J connectivity index is 1.78. The Morgan fingerprint density at radius 1 is 0.531 bits per heavy atom. The van der Waals surface area contributed by atoms with Gasteiger partial charge in [0.1, 0.15) is 0 Å². The molecular weight excluding hydrogens is 388 g/mol. The predicted molar refractivity (Wildman–Crippen MR) is 133 cm³/mol. The molecule has 150 valence electrons. The van der Waals surface area contributed by atoms with Gasteiger partial charge in [0.25, 0.3) is 0 Å². The lowest BCUT2D eigenvalue weighted by atomic mass is 9.96. The van der Waals surface area contributed by atoms with Gasteiger partial charge < -0.3 is 4.74 Å². The van der Waals surface area contributed by atoms with Crippen molar-refractivity contribution in [3.8, 4) is 29.4 Å². The fourth-order valence-electron chi connectivity index (χ4n) is 3.82. The van der Waals surface area contributed by atoms with E-state index in [0.29, 0.717) is 5.75 Å². The van der Waals surface area contributed by atoms with Crippen LogP contribution in [0.1, 0.15) is 22.3 Å². The molecule has 0 aliphatic rings. The van der Waals surface area contributed by atoms with Crippen LogP contribution in [0.25, 0.3) is 21.5 Å². The van der Waals surface area contributed by atoms with Gasteiger partial charge in [0.2, 0.25) is 0 Å². The minimum Gasteiger partial charge on any atom is -0.494 e. The fraction of sp³-hybridized carbons (Fsp3) is 0.0323. The summed E-state index contributed by atoms with van der Waals surface area (Å²) in [6.45, 7) is 0. The number of hydrogen-bond acceptors (Lipinski definition) is 1. The summed E-state index contributed by atoms with van der Waals surface area (Å²) in [4.78, 5) is 0. The van der Waals surface area contributed by atoms with E-state index in [1.165, 1.54) is 10.8 Å². The van der Waals surface area contributed by atoms with Crippen molar-refractivity contribution >= 4 is 21.5 Å². The second kappa shape index (κ2) is 8.73. The van der Waals surface area contributed by atoms with E-state index in [9.17, 15) is 0 Å². The number of benzene rings is 5. The van der Waals surface area contributed by atoms with Gasteiger partial charge in [-0.15, -0.1) is 0 Å². The van der Waals surface area contributed by atoms with E-state index in [4.69, 9.17) is 4.74 Å². The molecule has 0 bridgehead atoms. The summed E-state index contributed by atoms with van der Waals surface area (Å²) in [5.41, 5.74) is 3.61. The molecule has 5 aromatic carbocycles. The van der Waals surface area contributed by atoms with Crippen LogP contribution in [0.2, 0.25) is 0 Å². The van der Waals surface area contributed by atoms with Crippen LogP contribution in [0.3, 0.4) is 0 Å². The third-order valence-corrected chi connectivity index (χ3v) is 5.38. The third kappa shape index (κ3) is 3.93. The van der Waals surface area contributed by atoms with E-state index in [-0.39, 0.29) is 0 Å². The van der Waals surface area contributed by atoms with Gasteiger partial charge in [-0.3, -0.25) is 0 Å². The van der Waals surface area contributed by atoms with Gasteiger partial charge in [0.05, 0.1) is 18.2 Å². The van der Waals surface area contributed by atoms with Crippen LogP contribution in [0.5, 0.6) is 5.75 Å². The lowest BCUT2D eigenvalue weighted by Gasteiger charge is -2.12. The Morgan fingerprint density at radius 2 is 1.09 bits per heavy atom. The molecule has 32 heavy (non-hydrogen) atoms. The molecule has 0 unspecified atom stereocenters. The topological polar surface area (TPSA) is 9.23 Å². The van der Waals surface area contributed by atoms with Crippen molar-refractivity contribution < 1.29 is 4.74 Å². The van der Waals surface area contributed by atoms with Crippen LogP contribution >= 0.6 is 0 Å². The van der Waals surface area contributed by atoms with Gasteiger partial charge in [0, 0.05) is 16.5 Å². The smallest absolute Gasteiger partial charge is 0.150 e. The minimum absolute atomic E-state index is 0.708. The van der Waals surface area contributed by atoms with Crippen molar-refractivity contribution in [1.82, 2.24) is 0 Å². The Hall–Kier alpha value is -4.46. The van der Waals surface area contributed by atoms with Gasteiger partial charge in [-0.2, -0.15) is 0 Å². The molecular formula is C31H20O. The summed E-state index contributed by atoms with van der Waals surface area (Å²) in [6, 6.07) is 34.8. The number of hydrogen-bond donors (Lipinski definition) is 0. The third-order valence-electron chi connectivity index (χ3n) is 5.38. The number of rotatable bonds is 1. The monoisotopic (exact) mass is 408 g/mol. The number of ether oxygens (including phenoxy) is 1. The van der Waals surface area contributed by atoms with Gasteiger partial charge in [-0.25, -0.2) is 0 Å². The normalized spacial score (nSPS) is 10.2. The molecule has 0 saturated carbocycles. The maximum Gasteiger partial charge on any atom is 0.150 e. The molecule has 0 saturated heterocycles. The standard InChI is InChI=1S/C31H20O/c1-32-31-27(18-16-23-10-4-2-5-11-23)21-28-20-25-14-8-9-15-26(25)22-30(28)29(31)19-17-24-12-6-3-7-13-24/h2-15,20-22H,1H3. The SMILES string of the molecule is COc1c(C#Cc2ccccc2)cc2cc3ccccc3cc2c1C#Cc1ccccc1. The number of fused-ring (bicyclic) bond motifs is 2. The second-order valence-electron chi connectivity index (χ2n) is 7.48. The van der Waals surface area contributed by atoms with E-state index in [2.05, 4.69) is 66.1 Å². The van der Waals surface area contributed by atoms with Crippen molar-refractivity contribution in [2.24, 2.45) is 0 Å². The van der Waals surface area contributed by atoms with Crippen LogP contribution in [-0.4, -0.2) is 7.11 Å². The maximum absolute atomic E-state index is 5.87. The van der Waals surface area contributed by atoms with Crippen molar-refractivity contribution in [3.63, 3.8) is 0 Å². The van der Waals surface area contributed by atoms with E-state index in [0.717, 1.165) is 33.0 Å². The molecule has 5 rings (SSSR count). The Morgan fingerprint density at radius 3 is 1.72 bits per heavy atom. The van der Waals surface area contributed by atoms with Gasteiger partial charge in [-0.1, -0.05) is 84.3 Å². The first-order valence-electron chi connectivity index (χ1n) is 10.5. The molecule has 5 aromatic rings. The van der Waals surface area contributed by atoms with Crippen molar-refractivity contribution in [2.45, 2.75) is 0 Å². The van der Waals surface area contributed by atoms with E-state index in [1.54, 1.807) is 7.11 Å². The Bertz CT molecular complexity index is 1540. The zero-order valence-electron chi connectivity index (χ0n) is 17.7. The Labute approximate surface area is 188 Å². The summed E-state index contributed by atoms with van der Waals surface area (Å²) >= 11 is 0. The molecule has 0 N–H and O–H groups in total. The molecule has 0 aromatic heterocycles. The van der Waals surface area contributed by atoms with E-state index < -0.39 is 0 Å². The largest absolute Gasteiger partial charge is 0.494 e. The zero-order valence-corrected chi connectivity index (χ0v) is 17.7. The summed E-state index contributed by atoms with van der Waals surface area (Å²) in [7, 11) is 1.68. The van der Waals surface area contributed by atoms with Crippen LogP contribution in [-0.2, 0) is 0 Å². The highest BCUT2D eigenvalue weighted by molar-refractivity contribution is 6.02. The first-order valence-corrected chi connectivity index (χ1v) is 10.5. The molecule has 0 aliphatic carbocycles. The summed E-state index contributed by atoms with van der Waals surface area (Å²) in [5.74, 6) is 14.0. The predicted octanol–water partition coefficient (Wildman–Crippen LogP) is 6.80. The first kappa shape index (κ1) is 19.5. The average Bonchev–Trinajstić information content (AvgIpc) is 2.85. The van der Waals surface area contributed by atoms with Crippen LogP contribution in [0.15, 0.2) is 103 Å². The highest BCUT2D eigenvalue weighted by Crippen LogP contribution is 2.34. The molecule has 0 spiro atoms. The van der Waals surface area contributed by atoms with Gasteiger partial charge in [0.15, 0.2) is 5.75 Å². The molecule has 1 heteroatoms. The zero-order chi connectivity index (χ0) is 21.8. The van der Waals surface area contributed by atoms with Crippen molar-refractivity contribution in [3.05, 3.63) is 125 Å². The minimum atomic E-state index is 0.708. The summed E-state index contributed by atoms with van der Waals surface area (Å²) in [5, 5.41) is 4.52. The van der Waals surface area contributed by atoms with Gasteiger partial charge >= 0.3 is 0 Å². The average molecular weight is 409 g/mol. The maximum atomic E-state index is 5.87. The van der Waals surface area contributed by atoms with Crippen molar-refractivity contribution in [1.29, 1.82) is 0 Å². The second-order valence-corrected chi connectivity index (χ2v) is 7.48. The molecule has 0 fully saturated rings. The van der Waals surface area contributed by atoms with Crippen LogP contribution in [0.4, 0.5) is 0 Å². The molecule has 0 radical (unpaired) electrons. The van der Waals surface area contributed by atoms with Gasteiger partial charge in [-0.05, 0) is 58.6 Å².